The Kier molecular flexibility index (Phi) is 2.76. The first-order valence-electron chi connectivity index (χ1n) is 5.61. The van der Waals surface area contributed by atoms with Crippen molar-refractivity contribution in [2.45, 2.75) is 33.1 Å². The Bertz CT molecular complexity index is 380. The molecule has 15 heavy (non-hydrogen) atoms. The fourth-order valence-corrected chi connectivity index (χ4v) is 1.77. The summed E-state index contributed by atoms with van der Waals surface area (Å²) < 4.78 is 0. The lowest BCUT2D eigenvalue weighted by Gasteiger charge is -2.12. The third kappa shape index (κ3) is 2.20. The van der Waals surface area contributed by atoms with Crippen molar-refractivity contribution in [1.82, 2.24) is 0 Å². The van der Waals surface area contributed by atoms with Gasteiger partial charge in [0, 0.05) is 11.6 Å². The first-order chi connectivity index (χ1) is 7.22. The maximum Gasteiger partial charge on any atom is 0.227 e. The summed E-state index contributed by atoms with van der Waals surface area (Å²) in [5.74, 6) is 0.466. The Labute approximate surface area is 90.7 Å². The molecule has 2 rings (SSSR count). The maximum absolute atomic E-state index is 11.7. The number of anilines is 1. The number of amides is 1. The highest BCUT2D eigenvalue weighted by Crippen LogP contribution is 2.31. The summed E-state index contributed by atoms with van der Waals surface area (Å²) in [6, 6.07) is 6.16. The zero-order valence-corrected chi connectivity index (χ0v) is 9.34. The average molecular weight is 203 g/mol. The summed E-state index contributed by atoms with van der Waals surface area (Å²) in [5.41, 5.74) is 3.41. The molecular formula is C13H17NO. The van der Waals surface area contributed by atoms with Crippen molar-refractivity contribution in [3.63, 3.8) is 0 Å². The minimum atomic E-state index is 0.194. The van der Waals surface area contributed by atoms with E-state index in [2.05, 4.69) is 18.3 Å². The number of para-hydroxylation sites is 1. The van der Waals surface area contributed by atoms with Gasteiger partial charge in [-0.05, 0) is 37.3 Å². The largest absolute Gasteiger partial charge is 0.325 e. The molecule has 0 unspecified atom stereocenters. The highest BCUT2D eigenvalue weighted by Gasteiger charge is 2.30. The second-order valence-electron chi connectivity index (χ2n) is 4.23. The highest BCUT2D eigenvalue weighted by molar-refractivity contribution is 5.95. The predicted octanol–water partition coefficient (Wildman–Crippen LogP) is 2.91. The van der Waals surface area contributed by atoms with E-state index >= 15 is 0 Å². The van der Waals surface area contributed by atoms with Gasteiger partial charge < -0.3 is 5.32 Å². The number of carbonyl (C=O) groups excluding carboxylic acids is 1. The van der Waals surface area contributed by atoms with Crippen molar-refractivity contribution in [3.05, 3.63) is 29.3 Å². The first-order valence-corrected chi connectivity index (χ1v) is 5.61. The van der Waals surface area contributed by atoms with Crippen molar-refractivity contribution in [2.24, 2.45) is 5.92 Å². The van der Waals surface area contributed by atoms with Crippen molar-refractivity contribution in [2.75, 3.05) is 5.32 Å². The minimum absolute atomic E-state index is 0.194. The van der Waals surface area contributed by atoms with E-state index in [1.54, 1.807) is 0 Å². The summed E-state index contributed by atoms with van der Waals surface area (Å²) in [7, 11) is 0. The number of hydrogen-bond donors (Lipinski definition) is 1. The number of hydrogen-bond acceptors (Lipinski definition) is 1. The highest BCUT2D eigenvalue weighted by atomic mass is 16.2. The lowest BCUT2D eigenvalue weighted by molar-refractivity contribution is -0.117. The third-order valence-electron chi connectivity index (χ3n) is 2.94. The van der Waals surface area contributed by atoms with Crippen LogP contribution in [0.25, 0.3) is 0 Å². The molecule has 1 N–H and O–H groups in total. The van der Waals surface area contributed by atoms with Crippen LogP contribution in [-0.4, -0.2) is 5.91 Å². The molecule has 2 heteroatoms. The van der Waals surface area contributed by atoms with E-state index in [0.717, 1.165) is 30.5 Å². The molecule has 80 valence electrons. The van der Waals surface area contributed by atoms with Gasteiger partial charge in [0.2, 0.25) is 5.91 Å². The van der Waals surface area contributed by atoms with Gasteiger partial charge in [-0.15, -0.1) is 0 Å². The second kappa shape index (κ2) is 4.05. The lowest BCUT2D eigenvalue weighted by atomic mass is 10.1. The summed E-state index contributed by atoms with van der Waals surface area (Å²) in [5, 5.41) is 3.05. The summed E-state index contributed by atoms with van der Waals surface area (Å²) in [4.78, 5) is 11.7. The Morgan fingerprint density at radius 3 is 2.80 bits per heavy atom. The summed E-state index contributed by atoms with van der Waals surface area (Å²) in [6.45, 7) is 4.16. The van der Waals surface area contributed by atoms with Crippen LogP contribution in [0, 0.1) is 12.8 Å². The molecule has 1 aliphatic carbocycles. The molecular weight excluding hydrogens is 186 g/mol. The fraction of sp³-hybridized carbons (Fsp3) is 0.462. The molecule has 0 atom stereocenters. The summed E-state index contributed by atoms with van der Waals surface area (Å²) in [6.07, 6.45) is 3.07. The second-order valence-corrected chi connectivity index (χ2v) is 4.23. The van der Waals surface area contributed by atoms with Gasteiger partial charge in [0.1, 0.15) is 0 Å². The van der Waals surface area contributed by atoms with Crippen LogP contribution in [0.5, 0.6) is 0 Å². The van der Waals surface area contributed by atoms with E-state index in [4.69, 9.17) is 0 Å². The molecule has 0 radical (unpaired) electrons. The van der Waals surface area contributed by atoms with Gasteiger partial charge in [-0.3, -0.25) is 4.79 Å². The third-order valence-corrected chi connectivity index (χ3v) is 2.94. The topological polar surface area (TPSA) is 29.1 Å². The number of rotatable bonds is 3. The van der Waals surface area contributed by atoms with Gasteiger partial charge in [0.25, 0.3) is 0 Å². The van der Waals surface area contributed by atoms with Gasteiger partial charge in [-0.25, -0.2) is 0 Å². The van der Waals surface area contributed by atoms with Crippen LogP contribution in [0.2, 0.25) is 0 Å². The summed E-state index contributed by atoms with van der Waals surface area (Å²) >= 11 is 0. The van der Waals surface area contributed by atoms with Crippen LogP contribution in [0.3, 0.4) is 0 Å². The maximum atomic E-state index is 11.7. The quantitative estimate of drug-likeness (QED) is 0.804. The zero-order chi connectivity index (χ0) is 10.8. The van der Waals surface area contributed by atoms with E-state index in [1.807, 2.05) is 19.1 Å². The van der Waals surface area contributed by atoms with Crippen LogP contribution in [-0.2, 0) is 11.2 Å². The zero-order valence-electron chi connectivity index (χ0n) is 9.34. The minimum Gasteiger partial charge on any atom is -0.325 e. The van der Waals surface area contributed by atoms with Crippen molar-refractivity contribution in [3.8, 4) is 0 Å². The molecule has 1 aromatic carbocycles. The van der Waals surface area contributed by atoms with Gasteiger partial charge in [-0.2, -0.15) is 0 Å². The molecule has 0 saturated heterocycles. The van der Waals surface area contributed by atoms with Crippen LogP contribution >= 0.6 is 0 Å². The van der Waals surface area contributed by atoms with Crippen LogP contribution in [0.15, 0.2) is 18.2 Å². The van der Waals surface area contributed by atoms with Gasteiger partial charge in [-0.1, -0.05) is 25.1 Å². The van der Waals surface area contributed by atoms with Crippen molar-refractivity contribution < 1.29 is 4.79 Å². The average Bonchev–Trinajstić information content (AvgIpc) is 3.04. The number of carbonyl (C=O) groups is 1. The Hall–Kier alpha value is -1.31. The lowest BCUT2D eigenvalue weighted by Crippen LogP contribution is -2.15. The SMILES string of the molecule is CCc1cccc(C)c1NC(=O)C1CC1. The normalized spacial score (nSPS) is 15.1. The molecule has 0 bridgehead atoms. The van der Waals surface area contributed by atoms with Gasteiger partial charge >= 0.3 is 0 Å². The Morgan fingerprint density at radius 1 is 1.47 bits per heavy atom. The van der Waals surface area contributed by atoms with Gasteiger partial charge in [0.05, 0.1) is 0 Å². The van der Waals surface area contributed by atoms with Crippen molar-refractivity contribution >= 4 is 11.6 Å². The van der Waals surface area contributed by atoms with E-state index in [-0.39, 0.29) is 11.8 Å². The smallest absolute Gasteiger partial charge is 0.227 e. The molecule has 1 amide bonds. The molecule has 1 fully saturated rings. The van der Waals surface area contributed by atoms with E-state index < -0.39 is 0 Å². The van der Waals surface area contributed by atoms with Crippen LogP contribution < -0.4 is 5.32 Å². The predicted molar refractivity (Wildman–Crippen MR) is 61.9 cm³/mol. The standard InChI is InChI=1S/C13H17NO/c1-3-10-6-4-5-9(2)12(10)14-13(15)11-7-8-11/h4-6,11H,3,7-8H2,1-2H3,(H,14,15). The number of benzene rings is 1. The fourth-order valence-electron chi connectivity index (χ4n) is 1.77. The Balaban J connectivity index is 2.21. The van der Waals surface area contributed by atoms with E-state index in [1.165, 1.54) is 5.56 Å². The van der Waals surface area contributed by atoms with E-state index in [0.29, 0.717) is 0 Å². The Morgan fingerprint density at radius 2 is 2.20 bits per heavy atom. The molecule has 0 aromatic heterocycles. The monoisotopic (exact) mass is 203 g/mol. The van der Waals surface area contributed by atoms with Crippen LogP contribution in [0.4, 0.5) is 5.69 Å². The molecule has 1 saturated carbocycles. The van der Waals surface area contributed by atoms with E-state index in [9.17, 15) is 4.79 Å². The molecule has 0 spiro atoms. The molecule has 2 nitrogen and oxygen atoms in total. The molecule has 0 heterocycles. The van der Waals surface area contributed by atoms with Crippen LogP contribution in [0.1, 0.15) is 30.9 Å². The number of aryl methyl sites for hydroxylation is 2. The molecule has 0 aliphatic heterocycles. The van der Waals surface area contributed by atoms with Gasteiger partial charge in [0.15, 0.2) is 0 Å². The molecule has 1 aromatic rings. The first kappa shape index (κ1) is 10.2. The number of nitrogens with one attached hydrogen (secondary N) is 1. The van der Waals surface area contributed by atoms with Crippen molar-refractivity contribution in [1.29, 1.82) is 0 Å². The molecule has 1 aliphatic rings.